The number of aryl methyl sites for hydroxylation is 1. The zero-order valence-corrected chi connectivity index (χ0v) is 18.0. The SMILES string of the molecule is O=C(COc1cccc(Cl)c1)N1CCCc2cc(S(=O)(=O)Nc3ncns3)ccc21. The Morgan fingerprint density at radius 1 is 1.27 bits per heavy atom. The Bertz CT molecular complexity index is 1170. The van der Waals surface area contributed by atoms with Crippen LogP contribution in [0.15, 0.2) is 53.7 Å². The van der Waals surface area contributed by atoms with Gasteiger partial charge in [-0.1, -0.05) is 17.7 Å². The molecule has 3 aromatic rings. The average Bonchev–Trinajstić information content (AvgIpc) is 3.23. The van der Waals surface area contributed by atoms with Crippen LogP contribution in [0, 0.1) is 0 Å². The van der Waals surface area contributed by atoms with Crippen molar-refractivity contribution in [1.82, 2.24) is 9.36 Å². The highest BCUT2D eigenvalue weighted by molar-refractivity contribution is 7.93. The molecule has 156 valence electrons. The lowest BCUT2D eigenvalue weighted by atomic mass is 10.0. The topological polar surface area (TPSA) is 101 Å². The zero-order valence-electron chi connectivity index (χ0n) is 15.6. The number of aromatic nitrogens is 2. The average molecular weight is 465 g/mol. The number of sulfonamides is 1. The molecular formula is C19H17ClN4O4S2. The number of carbonyl (C=O) groups is 1. The first-order chi connectivity index (χ1) is 14.4. The molecule has 0 saturated carbocycles. The van der Waals surface area contributed by atoms with E-state index in [1.807, 2.05) is 0 Å². The van der Waals surface area contributed by atoms with E-state index in [4.69, 9.17) is 16.3 Å². The molecule has 0 aliphatic carbocycles. The van der Waals surface area contributed by atoms with Crippen molar-refractivity contribution in [2.75, 3.05) is 22.8 Å². The van der Waals surface area contributed by atoms with Gasteiger partial charge in [0, 0.05) is 28.8 Å². The second-order valence-electron chi connectivity index (χ2n) is 6.54. The summed E-state index contributed by atoms with van der Waals surface area (Å²) in [6, 6.07) is 11.6. The van der Waals surface area contributed by atoms with Gasteiger partial charge in [-0.2, -0.15) is 4.37 Å². The van der Waals surface area contributed by atoms with E-state index in [2.05, 4.69) is 14.1 Å². The number of ether oxygens (including phenoxy) is 1. The van der Waals surface area contributed by atoms with Crippen LogP contribution >= 0.6 is 23.1 Å². The van der Waals surface area contributed by atoms with E-state index >= 15 is 0 Å². The maximum atomic E-state index is 12.7. The number of hydrogen-bond acceptors (Lipinski definition) is 7. The van der Waals surface area contributed by atoms with Crippen molar-refractivity contribution in [2.45, 2.75) is 17.7 Å². The molecule has 2 aromatic carbocycles. The quantitative estimate of drug-likeness (QED) is 0.600. The van der Waals surface area contributed by atoms with E-state index in [0.29, 0.717) is 29.4 Å². The number of carbonyl (C=O) groups excluding carboxylic acids is 1. The molecular weight excluding hydrogens is 448 g/mol. The third-order valence-corrected chi connectivity index (χ3v) is 6.80. The van der Waals surface area contributed by atoms with Crippen LogP contribution in [0.4, 0.5) is 10.8 Å². The third-order valence-electron chi connectivity index (χ3n) is 4.52. The van der Waals surface area contributed by atoms with Gasteiger partial charge in [-0.15, -0.1) is 0 Å². The Morgan fingerprint density at radius 3 is 2.90 bits per heavy atom. The van der Waals surface area contributed by atoms with Crippen LogP contribution in [0.25, 0.3) is 0 Å². The Balaban J connectivity index is 1.50. The highest BCUT2D eigenvalue weighted by Gasteiger charge is 2.25. The summed E-state index contributed by atoms with van der Waals surface area (Å²) in [6.07, 6.45) is 2.68. The van der Waals surface area contributed by atoms with Crippen LogP contribution in [-0.4, -0.2) is 36.8 Å². The van der Waals surface area contributed by atoms with E-state index in [-0.39, 0.29) is 22.5 Å². The number of hydrogen-bond donors (Lipinski definition) is 1. The maximum absolute atomic E-state index is 12.7. The fraction of sp³-hybridized carbons (Fsp3) is 0.211. The standard InChI is InChI=1S/C19H17ClN4O4S2/c20-14-4-1-5-15(10-14)28-11-18(25)24-8-2-3-13-9-16(6-7-17(13)24)30(26,27)23-19-21-12-22-29-19/h1,4-7,9-10,12H,2-3,8,11H2,(H,21,22,23). The first-order valence-corrected chi connectivity index (χ1v) is 11.7. The molecule has 4 rings (SSSR count). The van der Waals surface area contributed by atoms with Gasteiger partial charge >= 0.3 is 0 Å². The summed E-state index contributed by atoms with van der Waals surface area (Å²) < 4.78 is 37.0. The minimum Gasteiger partial charge on any atom is -0.484 e. The summed E-state index contributed by atoms with van der Waals surface area (Å²) in [5.41, 5.74) is 1.48. The Morgan fingerprint density at radius 2 is 2.13 bits per heavy atom. The van der Waals surface area contributed by atoms with Crippen molar-refractivity contribution < 1.29 is 17.9 Å². The van der Waals surface area contributed by atoms with E-state index in [1.54, 1.807) is 41.3 Å². The molecule has 0 unspecified atom stereocenters. The number of nitrogens with zero attached hydrogens (tertiary/aromatic N) is 3. The second kappa shape index (κ2) is 8.58. The molecule has 0 saturated heterocycles. The van der Waals surface area contributed by atoms with E-state index < -0.39 is 10.0 Å². The predicted molar refractivity (Wildman–Crippen MR) is 115 cm³/mol. The molecule has 1 aliphatic rings. The fourth-order valence-electron chi connectivity index (χ4n) is 3.17. The van der Waals surface area contributed by atoms with Crippen LogP contribution in [0.2, 0.25) is 5.02 Å². The van der Waals surface area contributed by atoms with E-state index in [9.17, 15) is 13.2 Å². The summed E-state index contributed by atoms with van der Waals surface area (Å²) in [7, 11) is -3.79. The number of benzene rings is 2. The van der Waals surface area contributed by atoms with Crippen molar-refractivity contribution in [2.24, 2.45) is 0 Å². The van der Waals surface area contributed by atoms with Crippen LogP contribution in [-0.2, 0) is 21.2 Å². The highest BCUT2D eigenvalue weighted by atomic mass is 35.5. The van der Waals surface area contributed by atoms with Crippen LogP contribution in [0.3, 0.4) is 0 Å². The minimum absolute atomic E-state index is 0.112. The lowest BCUT2D eigenvalue weighted by Crippen LogP contribution is -2.38. The van der Waals surface area contributed by atoms with Gasteiger partial charge in [0.1, 0.15) is 12.1 Å². The molecule has 0 spiro atoms. The Hall–Kier alpha value is -2.69. The summed E-state index contributed by atoms with van der Waals surface area (Å²) in [4.78, 5) is 18.3. The lowest BCUT2D eigenvalue weighted by Gasteiger charge is -2.29. The smallest absolute Gasteiger partial charge is 0.264 e. The fourth-order valence-corrected chi connectivity index (χ4v) is 5.06. The molecule has 11 heteroatoms. The number of rotatable bonds is 6. The van der Waals surface area contributed by atoms with Gasteiger partial charge in [0.25, 0.3) is 15.9 Å². The molecule has 30 heavy (non-hydrogen) atoms. The summed E-state index contributed by atoms with van der Waals surface area (Å²) in [6.45, 7) is 0.401. The molecule has 1 N–H and O–H groups in total. The van der Waals surface area contributed by atoms with Gasteiger partial charge in [0.05, 0.1) is 4.90 Å². The summed E-state index contributed by atoms with van der Waals surface area (Å²) >= 11 is 6.89. The number of anilines is 2. The second-order valence-corrected chi connectivity index (χ2v) is 9.44. The van der Waals surface area contributed by atoms with E-state index in [1.165, 1.54) is 12.4 Å². The highest BCUT2D eigenvalue weighted by Crippen LogP contribution is 2.30. The molecule has 2 heterocycles. The Kier molecular flexibility index (Phi) is 5.89. The Labute approximate surface area is 182 Å². The molecule has 1 aliphatic heterocycles. The number of fused-ring (bicyclic) bond motifs is 1. The maximum Gasteiger partial charge on any atom is 0.264 e. The zero-order chi connectivity index (χ0) is 21.1. The van der Waals surface area contributed by atoms with Crippen LogP contribution < -0.4 is 14.4 Å². The molecule has 8 nitrogen and oxygen atoms in total. The van der Waals surface area contributed by atoms with Gasteiger partial charge in [-0.3, -0.25) is 9.52 Å². The van der Waals surface area contributed by atoms with Crippen molar-refractivity contribution in [3.8, 4) is 5.75 Å². The molecule has 1 aromatic heterocycles. The van der Waals surface area contributed by atoms with Crippen molar-refractivity contribution in [1.29, 1.82) is 0 Å². The van der Waals surface area contributed by atoms with E-state index in [0.717, 1.165) is 23.5 Å². The molecule has 0 radical (unpaired) electrons. The third kappa shape index (κ3) is 4.55. The largest absolute Gasteiger partial charge is 0.484 e. The van der Waals surface area contributed by atoms with Gasteiger partial charge in [0.15, 0.2) is 6.61 Å². The molecule has 0 bridgehead atoms. The molecule has 1 amide bonds. The normalized spacial score (nSPS) is 13.6. The number of nitrogens with one attached hydrogen (secondary N) is 1. The van der Waals surface area contributed by atoms with Crippen molar-refractivity contribution >= 4 is 49.9 Å². The first-order valence-electron chi connectivity index (χ1n) is 9.03. The van der Waals surface area contributed by atoms with Gasteiger partial charge in [0.2, 0.25) is 5.13 Å². The van der Waals surface area contributed by atoms with Crippen molar-refractivity contribution in [3.05, 3.63) is 59.4 Å². The van der Waals surface area contributed by atoms with Crippen LogP contribution in [0.1, 0.15) is 12.0 Å². The number of halogens is 1. The monoisotopic (exact) mass is 464 g/mol. The lowest BCUT2D eigenvalue weighted by molar-refractivity contribution is -0.120. The van der Waals surface area contributed by atoms with Gasteiger partial charge in [-0.05, 0) is 54.8 Å². The predicted octanol–water partition coefficient (Wildman–Crippen LogP) is 3.35. The van der Waals surface area contributed by atoms with Crippen LogP contribution in [0.5, 0.6) is 5.75 Å². The summed E-state index contributed by atoms with van der Waals surface area (Å²) in [5, 5.41) is 0.724. The molecule has 0 atom stereocenters. The molecule has 0 fully saturated rings. The van der Waals surface area contributed by atoms with Crippen molar-refractivity contribution in [3.63, 3.8) is 0 Å². The minimum atomic E-state index is -3.79. The first kappa shape index (κ1) is 20.6. The summed E-state index contributed by atoms with van der Waals surface area (Å²) in [5.74, 6) is 0.302. The van der Waals surface area contributed by atoms with Gasteiger partial charge in [-0.25, -0.2) is 13.4 Å². The number of amides is 1. The van der Waals surface area contributed by atoms with Gasteiger partial charge < -0.3 is 9.64 Å².